The summed E-state index contributed by atoms with van der Waals surface area (Å²) in [6, 6.07) is 5.28. The van der Waals surface area contributed by atoms with Gasteiger partial charge in [-0.05, 0) is 32.4 Å². The Labute approximate surface area is 177 Å². The Morgan fingerprint density at radius 3 is 2.68 bits per heavy atom. The van der Waals surface area contributed by atoms with E-state index in [1.54, 1.807) is 13.0 Å². The van der Waals surface area contributed by atoms with Crippen molar-refractivity contribution < 1.29 is 18.1 Å². The molecule has 0 bridgehead atoms. The molecule has 0 saturated carbocycles. The predicted molar refractivity (Wildman–Crippen MR) is 113 cm³/mol. The van der Waals surface area contributed by atoms with Crippen LogP contribution in [0.5, 0.6) is 0 Å². The number of aryl methyl sites for hydroxylation is 1. The van der Waals surface area contributed by atoms with Crippen molar-refractivity contribution in [2.75, 3.05) is 11.5 Å². The van der Waals surface area contributed by atoms with Crippen LogP contribution in [0.3, 0.4) is 0 Å². The molecule has 0 N–H and O–H groups in total. The minimum Gasteiger partial charge on any atom is -0.344 e. The van der Waals surface area contributed by atoms with Crippen molar-refractivity contribution in [3.05, 3.63) is 68.0 Å². The van der Waals surface area contributed by atoms with E-state index in [1.165, 1.54) is 29.1 Å². The number of nitro groups is 1. The fourth-order valence-electron chi connectivity index (χ4n) is 4.21. The van der Waals surface area contributed by atoms with E-state index in [9.17, 15) is 28.1 Å². The number of ketones is 1. The zero-order valence-corrected chi connectivity index (χ0v) is 17.8. The van der Waals surface area contributed by atoms with Crippen molar-refractivity contribution >= 4 is 32.2 Å². The lowest BCUT2D eigenvalue weighted by molar-refractivity contribution is -0.384. The van der Waals surface area contributed by atoms with Gasteiger partial charge in [-0.2, -0.15) is 0 Å². The van der Waals surface area contributed by atoms with Gasteiger partial charge >= 0.3 is 0 Å². The van der Waals surface area contributed by atoms with E-state index in [1.807, 2.05) is 11.5 Å². The summed E-state index contributed by atoms with van der Waals surface area (Å²) in [7, 11) is -3.07. The Morgan fingerprint density at radius 1 is 1.29 bits per heavy atom. The molecule has 2 aromatic heterocycles. The molecule has 0 aliphatic carbocycles. The second-order valence-electron chi connectivity index (χ2n) is 7.77. The number of non-ortho nitro benzene ring substituents is 1. The Hall–Kier alpha value is -3.34. The zero-order chi connectivity index (χ0) is 22.5. The molecule has 1 unspecified atom stereocenters. The van der Waals surface area contributed by atoms with Gasteiger partial charge in [-0.25, -0.2) is 13.4 Å². The van der Waals surface area contributed by atoms with Gasteiger partial charge in [0.15, 0.2) is 15.6 Å². The van der Waals surface area contributed by atoms with Crippen LogP contribution in [0.1, 0.15) is 34.2 Å². The highest BCUT2D eigenvalue weighted by molar-refractivity contribution is 7.91. The molecule has 3 aromatic rings. The number of nitro benzene ring substituents is 1. The maximum atomic E-state index is 13.0. The van der Waals surface area contributed by atoms with Crippen LogP contribution in [0.4, 0.5) is 5.69 Å². The van der Waals surface area contributed by atoms with Crippen LogP contribution in [0, 0.1) is 24.0 Å². The van der Waals surface area contributed by atoms with E-state index < -0.39 is 20.3 Å². The van der Waals surface area contributed by atoms with Gasteiger partial charge < -0.3 is 4.57 Å². The summed E-state index contributed by atoms with van der Waals surface area (Å²) in [5, 5.41) is 11.1. The maximum absolute atomic E-state index is 13.0. The van der Waals surface area contributed by atoms with Crippen molar-refractivity contribution in [1.29, 1.82) is 0 Å². The monoisotopic (exact) mass is 444 g/mol. The summed E-state index contributed by atoms with van der Waals surface area (Å²) in [5.41, 5.74) is 1.43. The fourth-order valence-corrected chi connectivity index (χ4v) is 5.91. The topological polar surface area (TPSA) is 134 Å². The number of carbonyl (C=O) groups is 1. The number of aromatic nitrogens is 3. The Kier molecular flexibility index (Phi) is 5.00. The number of nitrogens with zero attached hydrogens (tertiary/aromatic N) is 4. The van der Waals surface area contributed by atoms with Gasteiger partial charge in [0, 0.05) is 35.1 Å². The molecule has 1 saturated heterocycles. The smallest absolute Gasteiger partial charge is 0.271 e. The summed E-state index contributed by atoms with van der Waals surface area (Å²) in [6.45, 7) is 3.35. The number of hydrogen-bond acceptors (Lipinski definition) is 7. The molecule has 162 valence electrons. The lowest BCUT2D eigenvalue weighted by Crippen LogP contribution is -2.25. The normalized spacial score (nSPS) is 17.8. The Bertz CT molecular complexity index is 1400. The van der Waals surface area contributed by atoms with Gasteiger partial charge in [-0.3, -0.25) is 24.3 Å². The first-order valence-electron chi connectivity index (χ1n) is 9.63. The highest BCUT2D eigenvalue weighted by Gasteiger charge is 2.31. The highest BCUT2D eigenvalue weighted by Crippen LogP contribution is 2.29. The molecule has 1 aromatic carbocycles. The Morgan fingerprint density at radius 2 is 2.03 bits per heavy atom. The zero-order valence-electron chi connectivity index (χ0n) is 16.9. The molecule has 3 heterocycles. The van der Waals surface area contributed by atoms with Crippen LogP contribution in [-0.4, -0.2) is 44.7 Å². The van der Waals surface area contributed by atoms with Crippen molar-refractivity contribution in [2.24, 2.45) is 0 Å². The van der Waals surface area contributed by atoms with E-state index in [4.69, 9.17) is 0 Å². The third kappa shape index (κ3) is 3.76. The molecule has 31 heavy (non-hydrogen) atoms. The van der Waals surface area contributed by atoms with E-state index >= 15 is 0 Å². The maximum Gasteiger partial charge on any atom is 0.271 e. The van der Waals surface area contributed by atoms with Crippen LogP contribution in [-0.2, 0) is 16.4 Å². The molecule has 0 radical (unpaired) electrons. The average Bonchev–Trinajstić information content (AvgIpc) is 3.21. The first-order valence-corrected chi connectivity index (χ1v) is 11.4. The lowest BCUT2D eigenvalue weighted by Gasteiger charge is -2.16. The molecule has 0 amide bonds. The third-order valence-corrected chi connectivity index (χ3v) is 7.44. The summed E-state index contributed by atoms with van der Waals surface area (Å²) in [6.07, 6.45) is 1.71. The highest BCUT2D eigenvalue weighted by atomic mass is 32.2. The quantitative estimate of drug-likeness (QED) is 0.333. The molecule has 10 nitrogen and oxygen atoms in total. The van der Waals surface area contributed by atoms with Gasteiger partial charge in [0.1, 0.15) is 0 Å². The van der Waals surface area contributed by atoms with E-state index in [0.29, 0.717) is 17.7 Å². The van der Waals surface area contributed by atoms with Crippen LogP contribution < -0.4 is 5.56 Å². The minimum absolute atomic E-state index is 0.0528. The first kappa shape index (κ1) is 20.9. The van der Waals surface area contributed by atoms with Gasteiger partial charge in [0.25, 0.3) is 11.2 Å². The van der Waals surface area contributed by atoms with Gasteiger partial charge in [0.2, 0.25) is 0 Å². The molecular formula is C20H20N4O6S. The van der Waals surface area contributed by atoms with Crippen LogP contribution >= 0.6 is 0 Å². The number of fused-ring (bicyclic) bond motifs is 1. The standard InChI is InChI=1S/C20H20N4O6S/c1-12-7-17(13(2)23(12)15-5-6-31(29,30)10-15)19(25)9-22-11-21-18-8-14(24(27)28)3-4-16(18)20(22)26/h3-4,7-8,11,15H,5-6,9-10H2,1-2H3. The third-order valence-electron chi connectivity index (χ3n) is 5.69. The number of benzene rings is 1. The molecule has 4 rings (SSSR count). The van der Waals surface area contributed by atoms with E-state index in [2.05, 4.69) is 4.98 Å². The second-order valence-corrected chi connectivity index (χ2v) is 10.00. The number of rotatable bonds is 5. The van der Waals surface area contributed by atoms with Crippen molar-refractivity contribution in [1.82, 2.24) is 14.1 Å². The minimum atomic E-state index is -3.07. The molecular weight excluding hydrogens is 424 g/mol. The van der Waals surface area contributed by atoms with Crippen molar-refractivity contribution in [3.63, 3.8) is 0 Å². The molecule has 11 heteroatoms. The lowest BCUT2D eigenvalue weighted by atomic mass is 10.1. The number of carbonyl (C=O) groups excluding carboxylic acids is 1. The number of Topliss-reactive ketones (excluding diaryl/α,β-unsaturated/α-hetero) is 1. The predicted octanol–water partition coefficient (Wildman–Crippen LogP) is 1.97. The summed E-state index contributed by atoms with van der Waals surface area (Å²) in [4.78, 5) is 40.1. The molecule has 1 fully saturated rings. The van der Waals surface area contributed by atoms with Gasteiger partial charge in [-0.1, -0.05) is 0 Å². The van der Waals surface area contributed by atoms with Crippen molar-refractivity contribution in [3.8, 4) is 0 Å². The molecule has 0 spiro atoms. The fraction of sp³-hybridized carbons (Fsp3) is 0.350. The summed E-state index contributed by atoms with van der Waals surface area (Å²) < 4.78 is 26.8. The van der Waals surface area contributed by atoms with E-state index in [0.717, 1.165) is 5.69 Å². The molecule has 1 aliphatic rings. The second kappa shape index (κ2) is 7.41. The van der Waals surface area contributed by atoms with Crippen LogP contribution in [0.15, 0.2) is 35.4 Å². The number of hydrogen-bond donors (Lipinski definition) is 0. The van der Waals surface area contributed by atoms with Gasteiger partial charge in [-0.15, -0.1) is 0 Å². The largest absolute Gasteiger partial charge is 0.344 e. The van der Waals surface area contributed by atoms with Gasteiger partial charge in [0.05, 0.1) is 40.2 Å². The first-order chi connectivity index (χ1) is 14.6. The van der Waals surface area contributed by atoms with Crippen molar-refractivity contribution in [2.45, 2.75) is 32.9 Å². The van der Waals surface area contributed by atoms with E-state index in [-0.39, 0.29) is 46.5 Å². The molecule has 1 aliphatic heterocycles. The number of sulfone groups is 1. The van der Waals surface area contributed by atoms with Crippen LogP contribution in [0.25, 0.3) is 10.9 Å². The SMILES string of the molecule is Cc1cc(C(=O)Cn2cnc3cc([N+](=O)[O-])ccc3c2=O)c(C)n1C1CCS(=O)(=O)C1. The molecule has 1 atom stereocenters. The average molecular weight is 444 g/mol. The Balaban J connectivity index is 1.64. The van der Waals surface area contributed by atoms with Crippen LogP contribution in [0.2, 0.25) is 0 Å². The summed E-state index contributed by atoms with van der Waals surface area (Å²) in [5.74, 6) is -0.115. The summed E-state index contributed by atoms with van der Waals surface area (Å²) >= 11 is 0.